The number of hydrogen-bond donors (Lipinski definition) is 1. The smallest absolute Gasteiger partial charge is 0.234 e. The summed E-state index contributed by atoms with van der Waals surface area (Å²) >= 11 is 1.31. The van der Waals surface area contributed by atoms with E-state index < -0.39 is 0 Å². The van der Waals surface area contributed by atoms with Gasteiger partial charge in [-0.1, -0.05) is 30.0 Å². The number of nitrogens with one attached hydrogen (secondary N) is 1. The molecule has 0 aliphatic heterocycles. The highest BCUT2D eigenvalue weighted by molar-refractivity contribution is 7.99. The van der Waals surface area contributed by atoms with Gasteiger partial charge < -0.3 is 24.1 Å². The molecule has 32 heavy (non-hydrogen) atoms. The minimum Gasteiger partial charge on any atom is -0.492 e. The van der Waals surface area contributed by atoms with E-state index in [9.17, 15) is 4.79 Å². The quantitative estimate of drug-likeness (QED) is 0.432. The molecular weight excluding hydrogens is 428 g/mol. The van der Waals surface area contributed by atoms with Crippen LogP contribution in [-0.4, -0.2) is 39.6 Å². The van der Waals surface area contributed by atoms with Crippen LogP contribution in [0.25, 0.3) is 0 Å². The van der Waals surface area contributed by atoms with Crippen molar-refractivity contribution in [3.8, 4) is 17.2 Å². The van der Waals surface area contributed by atoms with Gasteiger partial charge in [-0.3, -0.25) is 4.79 Å². The standard InChI is InChI=1S/C23H28N4O4S/c1-5-29-18-10-8-7-9-17(18)24-22(28)15-32-23-26-25-21(27(23)4)14-31-19-12-11-16(3)13-20(19)30-6-2/h7-13H,5-6,14-15H2,1-4H3,(H,24,28). The van der Waals surface area contributed by atoms with Crippen LogP contribution in [0.2, 0.25) is 0 Å². The van der Waals surface area contributed by atoms with E-state index in [4.69, 9.17) is 14.2 Å². The van der Waals surface area contributed by atoms with Crippen LogP contribution in [0.4, 0.5) is 5.69 Å². The Morgan fingerprint density at radius 1 is 1.00 bits per heavy atom. The second kappa shape index (κ2) is 11.4. The SMILES string of the molecule is CCOc1ccccc1NC(=O)CSc1nnc(COc2ccc(C)cc2OCC)n1C. The highest BCUT2D eigenvalue weighted by Gasteiger charge is 2.14. The van der Waals surface area contributed by atoms with Crippen molar-refractivity contribution in [2.75, 3.05) is 24.3 Å². The summed E-state index contributed by atoms with van der Waals surface area (Å²) in [5.74, 6) is 2.70. The number of benzene rings is 2. The zero-order valence-corrected chi connectivity index (χ0v) is 19.6. The van der Waals surface area contributed by atoms with E-state index in [1.165, 1.54) is 11.8 Å². The minimum atomic E-state index is -0.149. The van der Waals surface area contributed by atoms with Crippen molar-refractivity contribution in [3.05, 3.63) is 53.9 Å². The van der Waals surface area contributed by atoms with Gasteiger partial charge in [0.15, 0.2) is 22.5 Å². The monoisotopic (exact) mass is 456 g/mol. The van der Waals surface area contributed by atoms with E-state index in [0.29, 0.717) is 47.1 Å². The van der Waals surface area contributed by atoms with E-state index in [1.807, 2.05) is 74.9 Å². The number of anilines is 1. The van der Waals surface area contributed by atoms with Gasteiger partial charge in [-0.25, -0.2) is 0 Å². The third kappa shape index (κ3) is 6.16. The van der Waals surface area contributed by atoms with Crippen molar-refractivity contribution in [1.29, 1.82) is 0 Å². The fraction of sp³-hybridized carbons (Fsp3) is 0.348. The van der Waals surface area contributed by atoms with Crippen LogP contribution >= 0.6 is 11.8 Å². The fourth-order valence-electron chi connectivity index (χ4n) is 2.91. The molecule has 0 atom stereocenters. The van der Waals surface area contributed by atoms with E-state index in [2.05, 4.69) is 15.5 Å². The third-order valence-electron chi connectivity index (χ3n) is 4.47. The van der Waals surface area contributed by atoms with Crippen LogP contribution in [0.15, 0.2) is 47.6 Å². The summed E-state index contributed by atoms with van der Waals surface area (Å²) in [5, 5.41) is 11.9. The molecule has 170 valence electrons. The molecule has 2 aromatic carbocycles. The molecule has 0 aliphatic rings. The maximum atomic E-state index is 12.4. The second-order valence-electron chi connectivity index (χ2n) is 6.90. The van der Waals surface area contributed by atoms with Crippen LogP contribution in [0.5, 0.6) is 17.2 Å². The number of hydrogen-bond acceptors (Lipinski definition) is 7. The predicted molar refractivity (Wildman–Crippen MR) is 125 cm³/mol. The number of thioether (sulfide) groups is 1. The van der Waals surface area contributed by atoms with Gasteiger partial charge in [-0.15, -0.1) is 10.2 Å². The first-order valence-corrected chi connectivity index (χ1v) is 11.4. The van der Waals surface area contributed by atoms with Gasteiger partial charge in [0.05, 0.1) is 24.7 Å². The normalized spacial score (nSPS) is 10.6. The number of rotatable bonds is 11. The molecular formula is C23H28N4O4S. The Morgan fingerprint density at radius 2 is 1.75 bits per heavy atom. The van der Waals surface area contributed by atoms with E-state index in [0.717, 1.165) is 5.56 Å². The Balaban J connectivity index is 1.57. The number of amides is 1. The van der Waals surface area contributed by atoms with Gasteiger partial charge in [0.1, 0.15) is 12.4 Å². The average molecular weight is 457 g/mol. The molecule has 0 unspecified atom stereocenters. The average Bonchev–Trinajstić information content (AvgIpc) is 3.13. The lowest BCUT2D eigenvalue weighted by Gasteiger charge is -2.12. The Morgan fingerprint density at radius 3 is 2.53 bits per heavy atom. The number of aryl methyl sites for hydroxylation is 1. The van der Waals surface area contributed by atoms with Gasteiger partial charge in [-0.2, -0.15) is 0 Å². The molecule has 1 heterocycles. The molecule has 0 bridgehead atoms. The molecule has 0 saturated carbocycles. The summed E-state index contributed by atoms with van der Waals surface area (Å²) in [4.78, 5) is 12.4. The molecule has 9 heteroatoms. The summed E-state index contributed by atoms with van der Waals surface area (Å²) in [5.41, 5.74) is 1.75. The van der Waals surface area contributed by atoms with Crippen molar-refractivity contribution < 1.29 is 19.0 Å². The van der Waals surface area contributed by atoms with Crippen molar-refractivity contribution in [3.63, 3.8) is 0 Å². The van der Waals surface area contributed by atoms with Crippen molar-refractivity contribution >= 4 is 23.4 Å². The molecule has 3 rings (SSSR count). The van der Waals surface area contributed by atoms with E-state index >= 15 is 0 Å². The molecule has 1 amide bonds. The predicted octanol–water partition coefficient (Wildman–Crippen LogP) is 4.23. The number of aromatic nitrogens is 3. The molecule has 0 fully saturated rings. The zero-order chi connectivity index (χ0) is 22.9. The first kappa shape index (κ1) is 23.5. The lowest BCUT2D eigenvalue weighted by molar-refractivity contribution is -0.113. The van der Waals surface area contributed by atoms with Crippen molar-refractivity contribution in [2.24, 2.45) is 7.05 Å². The lowest BCUT2D eigenvalue weighted by atomic mass is 10.2. The van der Waals surface area contributed by atoms with Gasteiger partial charge in [-0.05, 0) is 50.6 Å². The van der Waals surface area contributed by atoms with Gasteiger partial charge in [0.25, 0.3) is 0 Å². The highest BCUT2D eigenvalue weighted by atomic mass is 32.2. The number of carbonyl (C=O) groups excluding carboxylic acids is 1. The van der Waals surface area contributed by atoms with Gasteiger partial charge in [0, 0.05) is 7.05 Å². The highest BCUT2D eigenvalue weighted by Crippen LogP contribution is 2.29. The Hall–Kier alpha value is -3.20. The van der Waals surface area contributed by atoms with Crippen LogP contribution in [-0.2, 0) is 18.4 Å². The van der Waals surface area contributed by atoms with Crippen LogP contribution in [0.1, 0.15) is 25.2 Å². The second-order valence-corrected chi connectivity index (χ2v) is 7.84. The maximum Gasteiger partial charge on any atom is 0.234 e. The summed E-state index contributed by atoms with van der Waals surface area (Å²) in [7, 11) is 1.85. The molecule has 1 N–H and O–H groups in total. The first-order chi connectivity index (χ1) is 15.5. The third-order valence-corrected chi connectivity index (χ3v) is 5.49. The van der Waals surface area contributed by atoms with Crippen LogP contribution in [0.3, 0.4) is 0 Å². The number of carbonyl (C=O) groups is 1. The number of ether oxygens (including phenoxy) is 3. The topological polar surface area (TPSA) is 87.5 Å². The summed E-state index contributed by atoms with van der Waals surface area (Å²) in [6, 6.07) is 13.2. The molecule has 8 nitrogen and oxygen atoms in total. The fourth-order valence-corrected chi connectivity index (χ4v) is 3.64. The van der Waals surface area contributed by atoms with Crippen LogP contribution in [0, 0.1) is 6.92 Å². The number of nitrogens with zero attached hydrogens (tertiary/aromatic N) is 3. The maximum absolute atomic E-state index is 12.4. The Bertz CT molecular complexity index is 1050. The molecule has 0 saturated heterocycles. The molecule has 0 aliphatic carbocycles. The summed E-state index contributed by atoms with van der Waals surface area (Å²) in [6.45, 7) is 7.16. The first-order valence-electron chi connectivity index (χ1n) is 10.4. The largest absolute Gasteiger partial charge is 0.492 e. The van der Waals surface area contributed by atoms with Gasteiger partial charge >= 0.3 is 0 Å². The van der Waals surface area contributed by atoms with E-state index in [-0.39, 0.29) is 18.3 Å². The van der Waals surface area contributed by atoms with Gasteiger partial charge in [0.2, 0.25) is 5.91 Å². The Kier molecular flexibility index (Phi) is 8.38. The lowest BCUT2D eigenvalue weighted by Crippen LogP contribution is -2.15. The molecule has 0 spiro atoms. The number of para-hydroxylation sites is 2. The minimum absolute atomic E-state index is 0.149. The van der Waals surface area contributed by atoms with Crippen molar-refractivity contribution in [1.82, 2.24) is 14.8 Å². The van der Waals surface area contributed by atoms with E-state index in [1.54, 1.807) is 0 Å². The van der Waals surface area contributed by atoms with Crippen LogP contribution < -0.4 is 19.5 Å². The Labute approximate surface area is 192 Å². The molecule has 3 aromatic rings. The zero-order valence-electron chi connectivity index (χ0n) is 18.8. The molecule has 1 aromatic heterocycles. The summed E-state index contributed by atoms with van der Waals surface area (Å²) < 4.78 is 18.9. The molecule has 0 radical (unpaired) electrons. The summed E-state index contributed by atoms with van der Waals surface area (Å²) in [6.07, 6.45) is 0. The van der Waals surface area contributed by atoms with Crippen molar-refractivity contribution in [2.45, 2.75) is 32.5 Å².